The van der Waals surface area contributed by atoms with Crippen molar-refractivity contribution in [1.29, 1.82) is 0 Å². The van der Waals surface area contributed by atoms with Gasteiger partial charge in [-0.3, -0.25) is 0 Å². The smallest absolute Gasteiger partial charge is 0.116 e. The van der Waals surface area contributed by atoms with Crippen molar-refractivity contribution in [1.82, 2.24) is 5.43 Å². The van der Waals surface area contributed by atoms with Crippen LogP contribution in [0.3, 0.4) is 0 Å². The zero-order valence-electron chi connectivity index (χ0n) is 9.40. The molecular formula is C12H19N3. The molecule has 0 saturated heterocycles. The fourth-order valence-electron chi connectivity index (χ4n) is 1.24. The van der Waals surface area contributed by atoms with Crippen LogP contribution in [0, 0.1) is 5.92 Å². The van der Waals surface area contributed by atoms with Crippen molar-refractivity contribution in [3.8, 4) is 0 Å². The number of para-hydroxylation sites is 1. The molecule has 0 radical (unpaired) electrons. The summed E-state index contributed by atoms with van der Waals surface area (Å²) in [6.45, 7) is 4.38. The lowest BCUT2D eigenvalue weighted by molar-refractivity contribution is 0.598. The van der Waals surface area contributed by atoms with Gasteiger partial charge in [-0.2, -0.15) is 0 Å². The number of aliphatic imine (C=N–C) groups is 1. The molecule has 82 valence electrons. The standard InChI is InChI=1S/C12H19N3/c1-10(2)8-9-12(15-13)14-11-6-4-3-5-7-11/h3-7,10H,8-9,13H2,1-2H3,(H,14,15). The molecule has 0 amide bonds. The second-order valence-corrected chi connectivity index (χ2v) is 3.97. The molecule has 0 bridgehead atoms. The maximum atomic E-state index is 5.43. The third-order valence-electron chi connectivity index (χ3n) is 2.15. The first-order chi connectivity index (χ1) is 7.22. The number of amidine groups is 1. The Morgan fingerprint density at radius 3 is 2.53 bits per heavy atom. The highest BCUT2D eigenvalue weighted by atomic mass is 15.2. The van der Waals surface area contributed by atoms with Crippen LogP contribution < -0.4 is 11.3 Å². The summed E-state index contributed by atoms with van der Waals surface area (Å²) in [5, 5.41) is 0. The molecule has 0 aromatic heterocycles. The Balaban J connectivity index is 2.62. The first kappa shape index (κ1) is 11.7. The van der Waals surface area contributed by atoms with Crippen LogP contribution in [0.15, 0.2) is 35.3 Å². The average Bonchev–Trinajstić information content (AvgIpc) is 2.25. The van der Waals surface area contributed by atoms with Gasteiger partial charge in [0.25, 0.3) is 0 Å². The van der Waals surface area contributed by atoms with Gasteiger partial charge in [0.2, 0.25) is 0 Å². The van der Waals surface area contributed by atoms with Crippen LogP contribution in [-0.4, -0.2) is 5.84 Å². The van der Waals surface area contributed by atoms with Crippen LogP contribution in [0.2, 0.25) is 0 Å². The monoisotopic (exact) mass is 205 g/mol. The predicted molar refractivity (Wildman–Crippen MR) is 64.9 cm³/mol. The lowest BCUT2D eigenvalue weighted by Gasteiger charge is -2.07. The summed E-state index contributed by atoms with van der Waals surface area (Å²) in [6, 6.07) is 9.84. The minimum atomic E-state index is 0.666. The highest BCUT2D eigenvalue weighted by molar-refractivity contribution is 5.84. The van der Waals surface area contributed by atoms with E-state index in [1.54, 1.807) is 0 Å². The minimum Gasteiger partial charge on any atom is -0.312 e. The molecule has 1 aromatic rings. The van der Waals surface area contributed by atoms with E-state index >= 15 is 0 Å². The average molecular weight is 205 g/mol. The van der Waals surface area contributed by atoms with E-state index in [4.69, 9.17) is 5.84 Å². The Labute approximate surface area is 91.4 Å². The second-order valence-electron chi connectivity index (χ2n) is 3.97. The van der Waals surface area contributed by atoms with Gasteiger partial charge in [-0.15, -0.1) is 0 Å². The Hall–Kier alpha value is -1.35. The SMILES string of the molecule is CC(C)CCC(=Nc1ccccc1)NN. The van der Waals surface area contributed by atoms with Gasteiger partial charge in [0.1, 0.15) is 5.84 Å². The third-order valence-corrected chi connectivity index (χ3v) is 2.15. The van der Waals surface area contributed by atoms with Gasteiger partial charge in [0.05, 0.1) is 5.69 Å². The number of hydrogen-bond acceptors (Lipinski definition) is 2. The molecule has 0 aliphatic carbocycles. The summed E-state index contributed by atoms with van der Waals surface area (Å²) in [5.74, 6) is 6.93. The molecule has 0 atom stereocenters. The number of nitrogens with zero attached hydrogens (tertiary/aromatic N) is 1. The van der Waals surface area contributed by atoms with Crippen molar-refractivity contribution in [2.75, 3.05) is 0 Å². The van der Waals surface area contributed by atoms with E-state index in [0.717, 1.165) is 24.4 Å². The van der Waals surface area contributed by atoms with E-state index in [-0.39, 0.29) is 0 Å². The van der Waals surface area contributed by atoms with Crippen LogP contribution in [-0.2, 0) is 0 Å². The van der Waals surface area contributed by atoms with Crippen LogP contribution in [0.25, 0.3) is 0 Å². The van der Waals surface area contributed by atoms with Gasteiger partial charge in [-0.1, -0.05) is 32.0 Å². The molecule has 0 spiro atoms. The van der Waals surface area contributed by atoms with Gasteiger partial charge in [0, 0.05) is 6.42 Å². The highest BCUT2D eigenvalue weighted by Crippen LogP contribution is 2.12. The molecule has 0 fully saturated rings. The molecule has 1 rings (SSSR count). The number of hydrogen-bond donors (Lipinski definition) is 2. The van der Waals surface area contributed by atoms with Crippen LogP contribution in [0.4, 0.5) is 5.69 Å². The number of rotatable bonds is 4. The van der Waals surface area contributed by atoms with Gasteiger partial charge < -0.3 is 5.43 Å². The molecule has 1 aromatic carbocycles. The van der Waals surface area contributed by atoms with Crippen molar-refractivity contribution < 1.29 is 0 Å². The highest BCUT2D eigenvalue weighted by Gasteiger charge is 2.00. The molecule has 0 saturated carbocycles. The summed E-state index contributed by atoms with van der Waals surface area (Å²) in [7, 11) is 0. The van der Waals surface area contributed by atoms with Crippen molar-refractivity contribution in [2.24, 2.45) is 16.8 Å². The van der Waals surface area contributed by atoms with Crippen molar-refractivity contribution in [2.45, 2.75) is 26.7 Å². The Morgan fingerprint density at radius 2 is 2.00 bits per heavy atom. The maximum Gasteiger partial charge on any atom is 0.116 e. The van der Waals surface area contributed by atoms with E-state index in [2.05, 4.69) is 24.3 Å². The molecule has 3 nitrogen and oxygen atoms in total. The minimum absolute atomic E-state index is 0.666. The molecule has 3 N–H and O–H groups in total. The molecular weight excluding hydrogens is 186 g/mol. The number of hydrazine groups is 1. The molecule has 0 aliphatic rings. The molecule has 3 heteroatoms. The zero-order valence-corrected chi connectivity index (χ0v) is 9.40. The second kappa shape index (κ2) is 6.19. The summed E-state index contributed by atoms with van der Waals surface area (Å²) in [4.78, 5) is 4.43. The maximum absolute atomic E-state index is 5.43. The zero-order chi connectivity index (χ0) is 11.1. The number of benzene rings is 1. The van der Waals surface area contributed by atoms with E-state index in [0.29, 0.717) is 5.92 Å². The Bertz CT molecular complexity index is 304. The van der Waals surface area contributed by atoms with Crippen molar-refractivity contribution in [3.63, 3.8) is 0 Å². The number of nitrogens with two attached hydrogens (primary N) is 1. The summed E-state index contributed by atoms with van der Waals surface area (Å²) >= 11 is 0. The lowest BCUT2D eigenvalue weighted by atomic mass is 10.1. The Kier molecular flexibility index (Phi) is 4.84. The third kappa shape index (κ3) is 4.61. The van der Waals surface area contributed by atoms with Crippen molar-refractivity contribution in [3.05, 3.63) is 30.3 Å². The van der Waals surface area contributed by atoms with Crippen LogP contribution in [0.5, 0.6) is 0 Å². The molecule has 0 heterocycles. The summed E-state index contributed by atoms with van der Waals surface area (Å²) < 4.78 is 0. The van der Waals surface area contributed by atoms with Gasteiger partial charge in [-0.05, 0) is 24.5 Å². The topological polar surface area (TPSA) is 50.4 Å². The largest absolute Gasteiger partial charge is 0.312 e. The van der Waals surface area contributed by atoms with E-state index in [1.807, 2.05) is 30.3 Å². The van der Waals surface area contributed by atoms with E-state index in [9.17, 15) is 0 Å². The van der Waals surface area contributed by atoms with Gasteiger partial charge in [0.15, 0.2) is 0 Å². The molecule has 15 heavy (non-hydrogen) atoms. The van der Waals surface area contributed by atoms with Crippen molar-refractivity contribution >= 4 is 11.5 Å². The van der Waals surface area contributed by atoms with Gasteiger partial charge >= 0.3 is 0 Å². The lowest BCUT2D eigenvalue weighted by Crippen LogP contribution is -2.30. The van der Waals surface area contributed by atoms with Crippen LogP contribution >= 0.6 is 0 Å². The molecule has 0 aliphatic heterocycles. The van der Waals surface area contributed by atoms with E-state index in [1.165, 1.54) is 0 Å². The first-order valence-electron chi connectivity index (χ1n) is 5.31. The normalized spacial score (nSPS) is 11.9. The summed E-state index contributed by atoms with van der Waals surface area (Å²) in [6.07, 6.45) is 1.99. The Morgan fingerprint density at radius 1 is 1.33 bits per heavy atom. The van der Waals surface area contributed by atoms with Gasteiger partial charge in [-0.25, -0.2) is 10.8 Å². The molecule has 0 unspecified atom stereocenters. The quantitative estimate of drug-likeness (QED) is 0.343. The fraction of sp³-hybridized carbons (Fsp3) is 0.417. The first-order valence-corrected chi connectivity index (χ1v) is 5.31. The fourth-order valence-corrected chi connectivity index (χ4v) is 1.24. The predicted octanol–water partition coefficient (Wildman–Crippen LogP) is 2.62. The number of nitrogens with one attached hydrogen (secondary N) is 1. The van der Waals surface area contributed by atoms with Crippen LogP contribution in [0.1, 0.15) is 26.7 Å². The summed E-state index contributed by atoms with van der Waals surface area (Å²) in [5.41, 5.74) is 3.59. The van der Waals surface area contributed by atoms with E-state index < -0.39 is 0 Å².